The molecule has 1 aliphatic rings. The molecule has 0 unspecified atom stereocenters. The Bertz CT molecular complexity index is 1220. The summed E-state index contributed by atoms with van der Waals surface area (Å²) in [6.45, 7) is 0. The smallest absolute Gasteiger partial charge is 0.0267 e. The van der Waals surface area contributed by atoms with E-state index in [0.717, 1.165) is 6.42 Å². The van der Waals surface area contributed by atoms with Gasteiger partial charge < -0.3 is 0 Å². The first-order valence-electron chi connectivity index (χ1n) is 11.9. The van der Waals surface area contributed by atoms with Crippen molar-refractivity contribution in [2.75, 3.05) is 0 Å². The monoisotopic (exact) mass is 451 g/mol. The highest BCUT2D eigenvalue weighted by molar-refractivity contribution is 5.82. The van der Waals surface area contributed by atoms with Crippen molar-refractivity contribution < 1.29 is 0 Å². The Morgan fingerprint density at radius 3 is 1.03 bits per heavy atom. The lowest BCUT2D eigenvalue weighted by Gasteiger charge is -1.98. The third kappa shape index (κ3) is 7.25. The predicted octanol–water partition coefficient (Wildman–Crippen LogP) is 8.87. The van der Waals surface area contributed by atoms with E-state index in [1.54, 1.807) is 12.4 Å². The average Bonchev–Trinajstić information content (AvgIpc) is 3.35. The third-order valence-corrected chi connectivity index (χ3v) is 5.60. The van der Waals surface area contributed by atoms with Gasteiger partial charge in [0.25, 0.3) is 0 Å². The average molecular weight is 452 g/mol. The first-order chi connectivity index (χ1) is 17.4. The number of hydrogen-bond acceptors (Lipinski definition) is 1. The van der Waals surface area contributed by atoms with Crippen molar-refractivity contribution in [3.8, 4) is 11.1 Å². The van der Waals surface area contributed by atoms with Gasteiger partial charge in [0.1, 0.15) is 0 Å². The molecule has 170 valence electrons. The number of benzene rings is 5. The third-order valence-electron chi connectivity index (χ3n) is 5.60. The quantitative estimate of drug-likeness (QED) is 0.224. The van der Waals surface area contributed by atoms with Gasteiger partial charge in [-0.3, -0.25) is 4.98 Å². The highest BCUT2D eigenvalue weighted by atomic mass is 14.6. The molecule has 5 aromatic carbocycles. The van der Waals surface area contributed by atoms with Crippen molar-refractivity contribution in [1.29, 1.82) is 0 Å². The number of nitrogens with zero attached hydrogens (tertiary/aromatic N) is 1. The van der Waals surface area contributed by atoms with E-state index in [1.165, 1.54) is 33.0 Å². The van der Waals surface area contributed by atoms with Crippen molar-refractivity contribution in [3.63, 3.8) is 0 Å². The molecule has 35 heavy (non-hydrogen) atoms. The topological polar surface area (TPSA) is 12.9 Å². The van der Waals surface area contributed by atoms with E-state index in [-0.39, 0.29) is 0 Å². The summed E-state index contributed by atoms with van der Waals surface area (Å²) < 4.78 is 0. The van der Waals surface area contributed by atoms with Gasteiger partial charge >= 0.3 is 0 Å². The van der Waals surface area contributed by atoms with Gasteiger partial charge in [-0.25, -0.2) is 0 Å². The summed E-state index contributed by atoms with van der Waals surface area (Å²) in [4.78, 5) is 3.78. The molecule has 0 N–H and O–H groups in total. The van der Waals surface area contributed by atoms with Gasteiger partial charge in [-0.05, 0) is 51.6 Å². The molecular weight excluding hydrogens is 422 g/mol. The van der Waals surface area contributed by atoms with Crippen LogP contribution in [0.4, 0.5) is 0 Å². The molecule has 0 saturated heterocycles. The van der Waals surface area contributed by atoms with Crippen LogP contribution in [0.5, 0.6) is 0 Å². The summed E-state index contributed by atoms with van der Waals surface area (Å²) >= 11 is 0. The van der Waals surface area contributed by atoms with Crippen molar-refractivity contribution in [2.45, 2.75) is 6.42 Å². The Morgan fingerprint density at radius 2 is 0.686 bits per heavy atom. The van der Waals surface area contributed by atoms with Crippen LogP contribution in [0.1, 0.15) is 11.1 Å². The molecule has 1 heterocycles. The second-order valence-electron chi connectivity index (χ2n) is 8.02. The second kappa shape index (κ2) is 13.3. The minimum atomic E-state index is 1.10. The molecule has 0 fully saturated rings. The standard InChI is InChI=1S/C13H10.C10H8.C6H6.C5H5N/c1-3-7-12-10(5-1)9-11-6-2-4-8-13(11)12;1-2-6-10-8-4-3-7-9(10)5-1;2*1-2-4-6-5-3-1/h1-8H,9H2;1-8H;1-6H;1-5H. The number of hydrogen-bond donors (Lipinski definition) is 0. The first kappa shape index (κ1) is 23.7. The molecule has 0 radical (unpaired) electrons. The van der Waals surface area contributed by atoms with E-state index in [1.807, 2.05) is 54.6 Å². The fraction of sp³-hybridized carbons (Fsp3) is 0.0294. The van der Waals surface area contributed by atoms with Crippen molar-refractivity contribution in [2.24, 2.45) is 0 Å². The number of pyridine rings is 1. The molecule has 0 spiro atoms. The number of rotatable bonds is 0. The van der Waals surface area contributed by atoms with E-state index in [4.69, 9.17) is 0 Å². The Kier molecular flexibility index (Phi) is 8.97. The lowest BCUT2D eigenvalue weighted by atomic mass is 10.1. The molecule has 1 nitrogen and oxygen atoms in total. The molecule has 0 bridgehead atoms. The Morgan fingerprint density at radius 1 is 0.343 bits per heavy atom. The molecule has 0 aliphatic heterocycles. The van der Waals surface area contributed by atoms with Crippen LogP contribution in [-0.2, 0) is 6.42 Å². The second-order valence-corrected chi connectivity index (χ2v) is 8.02. The highest BCUT2D eigenvalue weighted by Gasteiger charge is 2.15. The van der Waals surface area contributed by atoms with Crippen LogP contribution < -0.4 is 0 Å². The van der Waals surface area contributed by atoms with Gasteiger partial charge in [-0.1, -0.05) is 140 Å². The summed E-state index contributed by atoms with van der Waals surface area (Å²) in [6.07, 6.45) is 4.60. The van der Waals surface area contributed by atoms with E-state index >= 15 is 0 Å². The van der Waals surface area contributed by atoms with E-state index in [9.17, 15) is 0 Å². The fourth-order valence-electron chi connectivity index (χ4n) is 3.91. The van der Waals surface area contributed by atoms with Crippen LogP contribution >= 0.6 is 0 Å². The van der Waals surface area contributed by atoms with Crippen LogP contribution in [0.3, 0.4) is 0 Å². The van der Waals surface area contributed by atoms with Gasteiger partial charge in [0, 0.05) is 12.4 Å². The van der Waals surface area contributed by atoms with Gasteiger partial charge in [-0.2, -0.15) is 0 Å². The van der Waals surface area contributed by atoms with Crippen LogP contribution in [-0.4, -0.2) is 4.98 Å². The number of aromatic nitrogens is 1. The normalized spacial score (nSPS) is 10.2. The molecule has 1 heteroatoms. The van der Waals surface area contributed by atoms with Gasteiger partial charge in [0.2, 0.25) is 0 Å². The maximum atomic E-state index is 3.78. The van der Waals surface area contributed by atoms with Crippen LogP contribution in [0.25, 0.3) is 21.9 Å². The molecule has 1 aromatic heterocycles. The Balaban J connectivity index is 0.000000117. The summed E-state index contributed by atoms with van der Waals surface area (Å²) in [5.74, 6) is 0. The zero-order valence-corrected chi connectivity index (χ0v) is 19.7. The van der Waals surface area contributed by atoms with Gasteiger partial charge in [-0.15, -0.1) is 0 Å². The minimum absolute atomic E-state index is 1.10. The first-order valence-corrected chi connectivity index (χ1v) is 11.9. The predicted molar refractivity (Wildman–Crippen MR) is 149 cm³/mol. The molecule has 0 atom stereocenters. The Labute approximate surface area is 208 Å². The molecule has 7 rings (SSSR count). The molecule has 1 aliphatic carbocycles. The lowest BCUT2D eigenvalue weighted by molar-refractivity contribution is 1.26. The molecule has 6 aromatic rings. The van der Waals surface area contributed by atoms with Crippen molar-refractivity contribution in [1.82, 2.24) is 4.98 Å². The summed E-state index contributed by atoms with van der Waals surface area (Å²) in [7, 11) is 0. The zero-order chi connectivity index (χ0) is 24.0. The molecule has 0 amide bonds. The molecule has 0 saturated carbocycles. The molecular formula is C34H29N. The Hall–Kier alpha value is -4.49. The van der Waals surface area contributed by atoms with Crippen molar-refractivity contribution >= 4 is 10.8 Å². The maximum absolute atomic E-state index is 3.78. The van der Waals surface area contributed by atoms with Gasteiger partial charge in [0.15, 0.2) is 0 Å². The summed E-state index contributed by atoms with van der Waals surface area (Å²) in [5.41, 5.74) is 5.75. The summed E-state index contributed by atoms with van der Waals surface area (Å²) in [6, 6.07) is 51.7. The minimum Gasteiger partial charge on any atom is -0.265 e. The van der Waals surface area contributed by atoms with E-state index < -0.39 is 0 Å². The summed E-state index contributed by atoms with van der Waals surface area (Å²) in [5, 5.41) is 2.62. The lowest BCUT2D eigenvalue weighted by Crippen LogP contribution is -1.77. The fourth-order valence-corrected chi connectivity index (χ4v) is 3.91. The highest BCUT2D eigenvalue weighted by Crippen LogP contribution is 2.35. The van der Waals surface area contributed by atoms with Crippen LogP contribution in [0, 0.1) is 0 Å². The largest absolute Gasteiger partial charge is 0.265 e. The zero-order valence-electron chi connectivity index (χ0n) is 19.7. The van der Waals surface area contributed by atoms with Crippen LogP contribution in [0.15, 0.2) is 164 Å². The SMILES string of the molecule is c1ccc2c(c1)Cc1ccccc1-2.c1ccc2ccccc2c1.c1ccccc1.c1ccncc1. The van der Waals surface area contributed by atoms with Crippen LogP contribution in [0.2, 0.25) is 0 Å². The van der Waals surface area contributed by atoms with E-state index in [0.29, 0.717) is 0 Å². The van der Waals surface area contributed by atoms with E-state index in [2.05, 4.69) is 102 Å². The number of fused-ring (bicyclic) bond motifs is 4. The van der Waals surface area contributed by atoms with Crippen molar-refractivity contribution in [3.05, 3.63) is 175 Å². The van der Waals surface area contributed by atoms with Gasteiger partial charge in [0.05, 0.1) is 0 Å². The maximum Gasteiger partial charge on any atom is 0.0267 e.